The number of carbonyl (C=O) groups excluding carboxylic acids is 4. The Morgan fingerprint density at radius 2 is 1.74 bits per heavy atom. The smallest absolute Gasteiger partial charge is 0.311 e. The standard InChI is InChI=1S/C23H25N3O5/c1-14(31-20(28)13-16-9-11-17(12-10-16)24-15(2)27)21(29)26-19-8-6-5-7-18(19)25-22(30)23(26,3)4/h5-12,14H,13H2,1-4H3,(H,24,27)(H,25,30)/t14-/m0/s1. The Hall–Kier alpha value is -3.68. The molecule has 0 aromatic heterocycles. The molecule has 0 saturated heterocycles. The van der Waals surface area contributed by atoms with Crippen LogP contribution in [0.2, 0.25) is 0 Å². The van der Waals surface area contributed by atoms with Crippen LogP contribution in [0.4, 0.5) is 17.1 Å². The molecule has 3 amide bonds. The Labute approximate surface area is 180 Å². The third-order valence-corrected chi connectivity index (χ3v) is 5.01. The molecule has 0 fully saturated rings. The van der Waals surface area contributed by atoms with E-state index in [0.717, 1.165) is 0 Å². The van der Waals surface area contributed by atoms with Crippen molar-refractivity contribution >= 4 is 40.8 Å². The minimum atomic E-state index is -1.15. The lowest BCUT2D eigenvalue weighted by atomic mass is 9.95. The number of benzene rings is 2. The molecule has 1 aliphatic rings. The van der Waals surface area contributed by atoms with Crippen molar-refractivity contribution in [1.82, 2.24) is 0 Å². The molecule has 0 aliphatic carbocycles. The van der Waals surface area contributed by atoms with E-state index in [4.69, 9.17) is 4.74 Å². The average molecular weight is 423 g/mol. The second-order valence-electron chi connectivity index (χ2n) is 7.89. The fraction of sp³-hybridized carbons (Fsp3) is 0.304. The lowest BCUT2D eigenvalue weighted by molar-refractivity contribution is -0.153. The van der Waals surface area contributed by atoms with Gasteiger partial charge in [0.2, 0.25) is 11.8 Å². The molecule has 0 radical (unpaired) electrons. The summed E-state index contributed by atoms with van der Waals surface area (Å²) in [5, 5.41) is 5.45. The van der Waals surface area contributed by atoms with Gasteiger partial charge in [-0.05, 0) is 50.6 Å². The number of carbonyl (C=O) groups is 4. The van der Waals surface area contributed by atoms with Crippen LogP contribution in [0.3, 0.4) is 0 Å². The molecular weight excluding hydrogens is 398 g/mol. The largest absolute Gasteiger partial charge is 0.452 e. The van der Waals surface area contributed by atoms with Gasteiger partial charge in [-0.2, -0.15) is 0 Å². The SMILES string of the molecule is CC(=O)Nc1ccc(CC(=O)O[C@@H](C)C(=O)N2c3ccccc3NC(=O)C2(C)C)cc1. The summed E-state index contributed by atoms with van der Waals surface area (Å²) in [6, 6.07) is 13.8. The number of anilines is 3. The molecule has 31 heavy (non-hydrogen) atoms. The molecule has 162 valence electrons. The van der Waals surface area contributed by atoms with E-state index in [1.54, 1.807) is 62.4 Å². The molecule has 0 unspecified atom stereocenters. The van der Waals surface area contributed by atoms with E-state index in [9.17, 15) is 19.2 Å². The molecule has 0 saturated carbocycles. The number of para-hydroxylation sites is 2. The van der Waals surface area contributed by atoms with Crippen LogP contribution in [0.5, 0.6) is 0 Å². The first-order chi connectivity index (χ1) is 14.6. The van der Waals surface area contributed by atoms with Crippen LogP contribution in [0.25, 0.3) is 0 Å². The van der Waals surface area contributed by atoms with Gasteiger partial charge in [-0.25, -0.2) is 0 Å². The third kappa shape index (κ3) is 4.74. The first-order valence-electron chi connectivity index (χ1n) is 9.90. The fourth-order valence-corrected chi connectivity index (χ4v) is 3.39. The Morgan fingerprint density at radius 1 is 1.10 bits per heavy atom. The number of hydrogen-bond donors (Lipinski definition) is 2. The van der Waals surface area contributed by atoms with Crippen molar-refractivity contribution < 1.29 is 23.9 Å². The highest BCUT2D eigenvalue weighted by molar-refractivity contribution is 6.15. The minimum absolute atomic E-state index is 0.0293. The van der Waals surface area contributed by atoms with Crippen molar-refractivity contribution in [3.05, 3.63) is 54.1 Å². The molecule has 3 rings (SSSR count). The molecule has 1 atom stereocenters. The summed E-state index contributed by atoms with van der Waals surface area (Å²) in [4.78, 5) is 50.6. The summed E-state index contributed by atoms with van der Waals surface area (Å²) in [5.41, 5.74) is 1.23. The van der Waals surface area contributed by atoms with E-state index in [-0.39, 0.29) is 18.2 Å². The van der Waals surface area contributed by atoms with Crippen molar-refractivity contribution in [1.29, 1.82) is 0 Å². The number of amides is 3. The van der Waals surface area contributed by atoms with Crippen molar-refractivity contribution in [2.24, 2.45) is 0 Å². The Morgan fingerprint density at radius 3 is 2.39 bits per heavy atom. The number of ether oxygens (including phenoxy) is 1. The zero-order chi connectivity index (χ0) is 22.8. The zero-order valence-electron chi connectivity index (χ0n) is 17.9. The average Bonchev–Trinajstić information content (AvgIpc) is 2.69. The summed E-state index contributed by atoms with van der Waals surface area (Å²) >= 11 is 0. The van der Waals surface area contributed by atoms with Crippen LogP contribution in [-0.4, -0.2) is 35.3 Å². The Bertz CT molecular complexity index is 1030. The quantitative estimate of drug-likeness (QED) is 0.720. The highest BCUT2D eigenvalue weighted by Gasteiger charge is 2.45. The first kappa shape index (κ1) is 22.0. The van der Waals surface area contributed by atoms with E-state index < -0.39 is 23.5 Å². The third-order valence-electron chi connectivity index (χ3n) is 5.01. The Balaban J connectivity index is 1.70. The molecule has 0 spiro atoms. The number of esters is 1. The van der Waals surface area contributed by atoms with E-state index in [2.05, 4.69) is 10.6 Å². The number of nitrogens with one attached hydrogen (secondary N) is 2. The molecule has 8 nitrogen and oxygen atoms in total. The second-order valence-corrected chi connectivity index (χ2v) is 7.89. The molecule has 2 N–H and O–H groups in total. The van der Waals surface area contributed by atoms with Gasteiger partial charge in [0.15, 0.2) is 6.10 Å². The predicted molar refractivity (Wildman–Crippen MR) is 117 cm³/mol. The maximum absolute atomic E-state index is 13.2. The topological polar surface area (TPSA) is 105 Å². The van der Waals surface area contributed by atoms with Gasteiger partial charge >= 0.3 is 5.97 Å². The molecular formula is C23H25N3O5. The summed E-state index contributed by atoms with van der Waals surface area (Å²) < 4.78 is 5.38. The second kappa shape index (κ2) is 8.59. The maximum Gasteiger partial charge on any atom is 0.311 e. The molecule has 2 aromatic carbocycles. The zero-order valence-corrected chi connectivity index (χ0v) is 17.9. The summed E-state index contributed by atoms with van der Waals surface area (Å²) in [7, 11) is 0. The Kier molecular flexibility index (Phi) is 6.10. The van der Waals surface area contributed by atoms with Gasteiger partial charge in [-0.3, -0.25) is 24.1 Å². The van der Waals surface area contributed by atoms with E-state index in [1.165, 1.54) is 18.7 Å². The van der Waals surface area contributed by atoms with Crippen LogP contribution >= 0.6 is 0 Å². The van der Waals surface area contributed by atoms with Crippen molar-refractivity contribution in [2.45, 2.75) is 45.8 Å². The summed E-state index contributed by atoms with van der Waals surface area (Å²) in [6.07, 6.45) is -1.11. The van der Waals surface area contributed by atoms with Crippen molar-refractivity contribution in [3.8, 4) is 0 Å². The fourth-order valence-electron chi connectivity index (χ4n) is 3.39. The van der Waals surface area contributed by atoms with Crippen LogP contribution in [-0.2, 0) is 30.3 Å². The van der Waals surface area contributed by atoms with Crippen molar-refractivity contribution in [3.63, 3.8) is 0 Å². The number of nitrogens with zero attached hydrogens (tertiary/aromatic N) is 1. The number of hydrogen-bond acceptors (Lipinski definition) is 5. The highest BCUT2D eigenvalue weighted by Crippen LogP contribution is 2.37. The molecule has 1 heterocycles. The van der Waals surface area contributed by atoms with E-state index in [1.807, 2.05) is 0 Å². The summed E-state index contributed by atoms with van der Waals surface area (Å²) in [6.45, 7) is 6.18. The van der Waals surface area contributed by atoms with Crippen molar-refractivity contribution in [2.75, 3.05) is 15.5 Å². The maximum atomic E-state index is 13.2. The lowest BCUT2D eigenvalue weighted by Crippen LogP contribution is -2.60. The van der Waals surface area contributed by atoms with Gasteiger partial charge in [0, 0.05) is 12.6 Å². The van der Waals surface area contributed by atoms with Gasteiger partial charge in [0.1, 0.15) is 5.54 Å². The van der Waals surface area contributed by atoms with Crippen LogP contribution in [0.1, 0.15) is 33.3 Å². The van der Waals surface area contributed by atoms with Gasteiger partial charge in [0.05, 0.1) is 17.8 Å². The monoisotopic (exact) mass is 423 g/mol. The van der Waals surface area contributed by atoms with Crippen LogP contribution in [0.15, 0.2) is 48.5 Å². The highest BCUT2D eigenvalue weighted by atomic mass is 16.5. The number of fused-ring (bicyclic) bond motifs is 1. The molecule has 8 heteroatoms. The van der Waals surface area contributed by atoms with E-state index >= 15 is 0 Å². The molecule has 2 aromatic rings. The van der Waals surface area contributed by atoms with Gasteiger partial charge in [-0.1, -0.05) is 24.3 Å². The van der Waals surface area contributed by atoms with Gasteiger partial charge < -0.3 is 15.4 Å². The van der Waals surface area contributed by atoms with Crippen LogP contribution in [0, 0.1) is 0 Å². The number of rotatable bonds is 5. The first-order valence-corrected chi connectivity index (χ1v) is 9.90. The van der Waals surface area contributed by atoms with Gasteiger partial charge in [0.25, 0.3) is 5.91 Å². The molecule has 0 bridgehead atoms. The van der Waals surface area contributed by atoms with Gasteiger partial charge in [-0.15, -0.1) is 0 Å². The lowest BCUT2D eigenvalue weighted by Gasteiger charge is -2.42. The van der Waals surface area contributed by atoms with Crippen LogP contribution < -0.4 is 15.5 Å². The van der Waals surface area contributed by atoms with E-state index in [0.29, 0.717) is 22.6 Å². The minimum Gasteiger partial charge on any atom is -0.452 e. The predicted octanol–water partition coefficient (Wildman–Crippen LogP) is 2.88. The normalized spacial score (nSPS) is 15.4. The molecule has 1 aliphatic heterocycles. The summed E-state index contributed by atoms with van der Waals surface area (Å²) in [5.74, 6) is -1.56.